The first-order valence-corrected chi connectivity index (χ1v) is 11.2. The molecule has 0 radical (unpaired) electrons. The van der Waals surface area contributed by atoms with Crippen LogP contribution in [-0.4, -0.2) is 49.0 Å². The van der Waals surface area contributed by atoms with Gasteiger partial charge in [-0.2, -0.15) is 0 Å². The Morgan fingerprint density at radius 2 is 1.90 bits per heavy atom. The number of hydrogen-bond donors (Lipinski definition) is 0. The van der Waals surface area contributed by atoms with Crippen LogP contribution in [0.2, 0.25) is 0 Å². The maximum absolute atomic E-state index is 13.5. The Bertz CT molecular complexity index is 1190. The van der Waals surface area contributed by atoms with E-state index in [-0.39, 0.29) is 17.1 Å². The number of benzene rings is 2. The maximum Gasteiger partial charge on any atom is 0.290 e. The summed E-state index contributed by atoms with van der Waals surface area (Å²) >= 11 is 3.52. The molecule has 4 rings (SSSR count). The number of carbonyl (C=O) groups excluding carboxylic acids is 1. The van der Waals surface area contributed by atoms with Gasteiger partial charge in [0.05, 0.1) is 24.1 Å². The average Bonchev–Trinajstić information content (AvgIpc) is 3.06. The number of rotatable bonds is 7. The minimum Gasteiger partial charge on any atom is -0.497 e. The molecule has 0 saturated heterocycles. The van der Waals surface area contributed by atoms with Crippen molar-refractivity contribution in [2.45, 2.75) is 19.9 Å². The molecule has 0 saturated carbocycles. The van der Waals surface area contributed by atoms with Crippen molar-refractivity contribution in [3.8, 4) is 5.75 Å². The molecule has 3 aromatic rings. The lowest BCUT2D eigenvalue weighted by atomic mass is 9.98. The summed E-state index contributed by atoms with van der Waals surface area (Å²) in [7, 11) is 1.55. The SMILES string of the molecule is CCN(CC)CCN1C(=O)c2oc3cc(OC)ccc3c(=O)c2C1c1cccc(Br)c1. The molecule has 1 aliphatic heterocycles. The Morgan fingerprint density at radius 1 is 1.13 bits per heavy atom. The highest BCUT2D eigenvalue weighted by molar-refractivity contribution is 9.10. The largest absolute Gasteiger partial charge is 0.497 e. The van der Waals surface area contributed by atoms with Gasteiger partial charge in [-0.3, -0.25) is 9.59 Å². The van der Waals surface area contributed by atoms with E-state index in [1.54, 1.807) is 30.2 Å². The van der Waals surface area contributed by atoms with Crippen molar-refractivity contribution >= 4 is 32.8 Å². The number of hydrogen-bond acceptors (Lipinski definition) is 5. The molecule has 0 bridgehead atoms. The van der Waals surface area contributed by atoms with Crippen molar-refractivity contribution in [2.75, 3.05) is 33.3 Å². The number of carbonyl (C=O) groups is 1. The topological polar surface area (TPSA) is 63.0 Å². The summed E-state index contributed by atoms with van der Waals surface area (Å²) in [4.78, 5) is 31.0. The lowest BCUT2D eigenvalue weighted by Crippen LogP contribution is -2.37. The van der Waals surface area contributed by atoms with E-state index in [2.05, 4.69) is 34.7 Å². The maximum atomic E-state index is 13.5. The van der Waals surface area contributed by atoms with E-state index < -0.39 is 6.04 Å². The van der Waals surface area contributed by atoms with Crippen LogP contribution in [0.25, 0.3) is 11.0 Å². The zero-order valence-corrected chi connectivity index (χ0v) is 19.4. The second-order valence-electron chi connectivity index (χ2n) is 7.52. The smallest absolute Gasteiger partial charge is 0.290 e. The number of ether oxygens (including phenoxy) is 1. The molecule has 0 aliphatic carbocycles. The van der Waals surface area contributed by atoms with Crippen molar-refractivity contribution in [2.24, 2.45) is 0 Å². The van der Waals surface area contributed by atoms with E-state index >= 15 is 0 Å². The molecule has 1 aliphatic rings. The van der Waals surface area contributed by atoms with Gasteiger partial charge in [0, 0.05) is 23.6 Å². The van der Waals surface area contributed by atoms with Crippen molar-refractivity contribution in [1.29, 1.82) is 0 Å². The molecule has 1 unspecified atom stereocenters. The first kappa shape index (κ1) is 21.6. The van der Waals surface area contributed by atoms with Gasteiger partial charge in [-0.15, -0.1) is 0 Å². The van der Waals surface area contributed by atoms with Gasteiger partial charge in [-0.25, -0.2) is 0 Å². The van der Waals surface area contributed by atoms with Crippen LogP contribution in [0.1, 0.15) is 41.6 Å². The minimum absolute atomic E-state index is 0.121. The second kappa shape index (κ2) is 8.85. The van der Waals surface area contributed by atoms with Crippen LogP contribution in [0.4, 0.5) is 0 Å². The van der Waals surface area contributed by atoms with Gasteiger partial charge in [0.25, 0.3) is 5.91 Å². The van der Waals surface area contributed by atoms with Gasteiger partial charge in [0.15, 0.2) is 5.43 Å². The van der Waals surface area contributed by atoms with E-state index in [0.717, 1.165) is 29.7 Å². The van der Waals surface area contributed by atoms with Crippen molar-refractivity contribution in [3.63, 3.8) is 0 Å². The number of methoxy groups -OCH3 is 1. The van der Waals surface area contributed by atoms with Crippen LogP contribution >= 0.6 is 15.9 Å². The number of halogens is 1. The molecule has 0 N–H and O–H groups in total. The van der Waals surface area contributed by atoms with Crippen LogP contribution in [0, 0.1) is 0 Å². The molecule has 31 heavy (non-hydrogen) atoms. The van der Waals surface area contributed by atoms with Gasteiger partial charge in [0.1, 0.15) is 11.3 Å². The highest BCUT2D eigenvalue weighted by Crippen LogP contribution is 2.39. The molecule has 2 aromatic carbocycles. The summed E-state index contributed by atoms with van der Waals surface area (Å²) in [5.74, 6) is 0.437. The Morgan fingerprint density at radius 3 is 2.58 bits per heavy atom. The predicted molar refractivity (Wildman–Crippen MR) is 124 cm³/mol. The monoisotopic (exact) mass is 484 g/mol. The Hall–Kier alpha value is -2.64. The molecule has 162 valence electrons. The first-order valence-electron chi connectivity index (χ1n) is 10.4. The first-order chi connectivity index (χ1) is 15.0. The zero-order chi connectivity index (χ0) is 22.1. The Labute approximate surface area is 189 Å². The number of amides is 1. The van der Waals surface area contributed by atoms with Gasteiger partial charge >= 0.3 is 0 Å². The Kier molecular flexibility index (Phi) is 6.16. The quantitative estimate of drug-likeness (QED) is 0.495. The number of fused-ring (bicyclic) bond motifs is 2. The van der Waals surface area contributed by atoms with Crippen LogP contribution in [0.5, 0.6) is 5.75 Å². The average molecular weight is 485 g/mol. The highest BCUT2D eigenvalue weighted by atomic mass is 79.9. The molecule has 1 aromatic heterocycles. The van der Waals surface area contributed by atoms with E-state index in [9.17, 15) is 9.59 Å². The van der Waals surface area contributed by atoms with Gasteiger partial charge in [-0.1, -0.05) is 41.9 Å². The van der Waals surface area contributed by atoms with E-state index in [1.807, 2.05) is 24.3 Å². The Balaban J connectivity index is 1.88. The van der Waals surface area contributed by atoms with Crippen LogP contribution in [0.3, 0.4) is 0 Å². The normalized spacial score (nSPS) is 15.7. The van der Waals surface area contributed by atoms with Crippen molar-refractivity contribution in [3.05, 3.63) is 74.0 Å². The molecule has 0 fully saturated rings. The lowest BCUT2D eigenvalue weighted by molar-refractivity contribution is 0.0708. The summed E-state index contributed by atoms with van der Waals surface area (Å²) in [6.45, 7) is 7.21. The van der Waals surface area contributed by atoms with Crippen molar-refractivity contribution in [1.82, 2.24) is 9.80 Å². The molecule has 7 heteroatoms. The van der Waals surface area contributed by atoms with Crippen molar-refractivity contribution < 1.29 is 13.9 Å². The summed E-state index contributed by atoms with van der Waals surface area (Å²) in [6.07, 6.45) is 0. The molecular weight excluding hydrogens is 460 g/mol. The van der Waals surface area contributed by atoms with E-state index in [0.29, 0.717) is 28.8 Å². The molecule has 1 amide bonds. The highest BCUT2D eigenvalue weighted by Gasteiger charge is 2.42. The summed E-state index contributed by atoms with van der Waals surface area (Å²) in [5, 5.41) is 0.443. The number of nitrogens with zero attached hydrogens (tertiary/aromatic N) is 2. The van der Waals surface area contributed by atoms with Gasteiger partial charge < -0.3 is 19.0 Å². The van der Waals surface area contributed by atoms with Crippen LogP contribution in [-0.2, 0) is 0 Å². The van der Waals surface area contributed by atoms with Crippen LogP contribution < -0.4 is 10.2 Å². The lowest BCUT2D eigenvalue weighted by Gasteiger charge is -2.28. The molecular formula is C24H25BrN2O4. The fourth-order valence-electron chi connectivity index (χ4n) is 4.17. The third-order valence-corrected chi connectivity index (χ3v) is 6.38. The molecule has 6 nitrogen and oxygen atoms in total. The third kappa shape index (κ3) is 3.88. The minimum atomic E-state index is -0.488. The third-order valence-electron chi connectivity index (χ3n) is 5.89. The summed E-state index contributed by atoms with van der Waals surface area (Å²) in [6, 6.07) is 12.3. The van der Waals surface area contributed by atoms with Gasteiger partial charge in [0.2, 0.25) is 5.76 Å². The standard InChI is InChI=1S/C24H25BrN2O4/c1-4-26(5-2)11-12-27-21(15-7-6-8-16(25)13-15)20-22(28)18-10-9-17(30-3)14-19(18)31-23(20)24(27)29/h6-10,13-14,21H,4-5,11-12H2,1-3H3. The van der Waals surface area contributed by atoms with Gasteiger partial charge in [-0.05, 0) is 42.9 Å². The van der Waals surface area contributed by atoms with E-state index in [4.69, 9.17) is 9.15 Å². The fourth-order valence-corrected chi connectivity index (χ4v) is 4.59. The molecule has 2 heterocycles. The zero-order valence-electron chi connectivity index (χ0n) is 17.9. The summed E-state index contributed by atoms with van der Waals surface area (Å²) in [5.41, 5.74) is 1.46. The fraction of sp³-hybridized carbons (Fsp3) is 0.333. The van der Waals surface area contributed by atoms with E-state index in [1.165, 1.54) is 0 Å². The summed E-state index contributed by atoms with van der Waals surface area (Å²) < 4.78 is 12.2. The second-order valence-corrected chi connectivity index (χ2v) is 8.43. The predicted octanol–water partition coefficient (Wildman–Crippen LogP) is 4.45. The molecule has 1 atom stereocenters. The van der Waals surface area contributed by atoms with Crippen LogP contribution in [0.15, 0.2) is 56.1 Å². The molecule has 0 spiro atoms. The number of likely N-dealkylation sites (N-methyl/N-ethyl adjacent to an activating group) is 1.